The van der Waals surface area contributed by atoms with E-state index < -0.39 is 15.4 Å². The molecule has 1 aromatic heterocycles. The molecule has 7 heteroatoms. The first-order valence-electron chi connectivity index (χ1n) is 4.26. The lowest BCUT2D eigenvalue weighted by Gasteiger charge is -2.22. The number of hydrogen-bond donors (Lipinski definition) is 1. The van der Waals surface area contributed by atoms with E-state index in [1.807, 2.05) is 6.92 Å². The number of hydrogen-bond acceptors (Lipinski definition) is 4. The second-order valence-corrected chi connectivity index (χ2v) is 6.44. The number of rotatable bonds is 1. The van der Waals surface area contributed by atoms with Crippen LogP contribution in [-0.2, 0) is 15.4 Å². The summed E-state index contributed by atoms with van der Waals surface area (Å²) < 4.78 is 25.0. The van der Waals surface area contributed by atoms with Gasteiger partial charge < -0.3 is 0 Å². The summed E-state index contributed by atoms with van der Waals surface area (Å²) in [5.74, 6) is 0.379. The first-order chi connectivity index (χ1) is 6.43. The van der Waals surface area contributed by atoms with Crippen molar-refractivity contribution >= 4 is 22.1 Å². The van der Waals surface area contributed by atoms with Gasteiger partial charge in [0.05, 0.1) is 17.0 Å². The van der Waals surface area contributed by atoms with E-state index in [4.69, 9.17) is 12.2 Å². The van der Waals surface area contributed by atoms with Crippen molar-refractivity contribution in [2.24, 2.45) is 0 Å². The van der Waals surface area contributed by atoms with Gasteiger partial charge in [0.25, 0.3) is 0 Å². The van der Waals surface area contributed by atoms with Crippen LogP contribution in [0.1, 0.15) is 13.3 Å². The van der Waals surface area contributed by atoms with Gasteiger partial charge in [-0.25, -0.2) is 8.42 Å². The van der Waals surface area contributed by atoms with E-state index in [0.29, 0.717) is 11.2 Å². The fraction of sp³-hybridized carbons (Fsp3) is 0.714. The molecule has 78 valence electrons. The summed E-state index contributed by atoms with van der Waals surface area (Å²) in [6.07, 6.45) is 2.16. The molecule has 1 aliphatic heterocycles. The van der Waals surface area contributed by atoms with Gasteiger partial charge in [0.1, 0.15) is 6.33 Å². The highest BCUT2D eigenvalue weighted by Crippen LogP contribution is 2.30. The smallest absolute Gasteiger partial charge is 0.195 e. The molecule has 0 spiro atoms. The number of nitrogens with one attached hydrogen (secondary N) is 1. The lowest BCUT2D eigenvalue weighted by Crippen LogP contribution is -2.30. The lowest BCUT2D eigenvalue weighted by molar-refractivity contribution is 0.360. The van der Waals surface area contributed by atoms with Gasteiger partial charge in [-0.1, -0.05) is 0 Å². The van der Waals surface area contributed by atoms with Crippen LogP contribution in [0.2, 0.25) is 0 Å². The molecule has 5 nitrogen and oxygen atoms in total. The first-order valence-corrected chi connectivity index (χ1v) is 6.49. The highest BCUT2D eigenvalue weighted by Gasteiger charge is 2.40. The van der Waals surface area contributed by atoms with Crippen molar-refractivity contribution in [2.75, 3.05) is 11.5 Å². The van der Waals surface area contributed by atoms with Crippen LogP contribution >= 0.6 is 12.2 Å². The third-order valence-corrected chi connectivity index (χ3v) is 4.79. The van der Waals surface area contributed by atoms with Crippen molar-refractivity contribution < 1.29 is 8.42 Å². The van der Waals surface area contributed by atoms with E-state index in [1.54, 1.807) is 10.9 Å². The highest BCUT2D eigenvalue weighted by molar-refractivity contribution is 7.91. The minimum absolute atomic E-state index is 0.147. The standard InChI is InChI=1S/C7H11N3O2S2/c1-7(2-3-14(11,12)4-7)10-5-8-9-6(10)13/h5H,2-4H2,1H3,(H,9,13). The largest absolute Gasteiger partial charge is 0.300 e. The summed E-state index contributed by atoms with van der Waals surface area (Å²) in [6.45, 7) is 1.89. The molecule has 1 aliphatic rings. The topological polar surface area (TPSA) is 67.8 Å². The summed E-state index contributed by atoms with van der Waals surface area (Å²) in [5, 5.41) is 6.43. The number of sulfone groups is 1. The van der Waals surface area contributed by atoms with Gasteiger partial charge in [-0.05, 0) is 25.6 Å². The molecule has 1 atom stereocenters. The Morgan fingerprint density at radius 1 is 1.71 bits per heavy atom. The minimum atomic E-state index is -2.91. The van der Waals surface area contributed by atoms with Gasteiger partial charge >= 0.3 is 0 Å². The molecule has 1 N–H and O–H groups in total. The number of aromatic nitrogens is 3. The Bertz CT molecular complexity index is 501. The van der Waals surface area contributed by atoms with Crippen molar-refractivity contribution in [3.63, 3.8) is 0 Å². The quantitative estimate of drug-likeness (QED) is 0.716. The van der Waals surface area contributed by atoms with Crippen LogP contribution in [0.15, 0.2) is 6.33 Å². The first kappa shape index (κ1) is 9.85. The third kappa shape index (κ3) is 1.50. The lowest BCUT2D eigenvalue weighted by atomic mass is 10.0. The molecular weight excluding hydrogens is 222 g/mol. The molecule has 0 amide bonds. The van der Waals surface area contributed by atoms with Gasteiger partial charge in [-0.15, -0.1) is 0 Å². The van der Waals surface area contributed by atoms with Crippen molar-refractivity contribution in [2.45, 2.75) is 18.9 Å². The molecule has 14 heavy (non-hydrogen) atoms. The molecule has 1 aromatic rings. The molecule has 1 saturated heterocycles. The molecule has 0 saturated carbocycles. The zero-order valence-corrected chi connectivity index (χ0v) is 9.36. The molecule has 0 aromatic carbocycles. The van der Waals surface area contributed by atoms with Crippen LogP contribution in [0, 0.1) is 4.77 Å². The molecule has 2 heterocycles. The van der Waals surface area contributed by atoms with Crippen LogP contribution in [0.3, 0.4) is 0 Å². The fourth-order valence-corrected chi connectivity index (χ4v) is 4.26. The van der Waals surface area contributed by atoms with E-state index in [9.17, 15) is 8.42 Å². The molecule has 0 aliphatic carbocycles. The van der Waals surface area contributed by atoms with Crippen LogP contribution in [-0.4, -0.2) is 34.7 Å². The summed E-state index contributed by atoms with van der Waals surface area (Å²) in [6, 6.07) is 0. The Kier molecular flexibility index (Phi) is 2.04. The second-order valence-electron chi connectivity index (χ2n) is 3.87. The fourth-order valence-electron chi connectivity index (χ4n) is 1.82. The molecule has 1 unspecified atom stereocenters. The van der Waals surface area contributed by atoms with Crippen LogP contribution < -0.4 is 0 Å². The van der Waals surface area contributed by atoms with Gasteiger partial charge in [0, 0.05) is 0 Å². The monoisotopic (exact) mass is 233 g/mol. The summed E-state index contributed by atoms with van der Waals surface area (Å²) in [7, 11) is -2.91. The normalized spacial score (nSPS) is 30.6. The Morgan fingerprint density at radius 3 is 2.86 bits per heavy atom. The zero-order chi connectivity index (χ0) is 10.4. The van der Waals surface area contributed by atoms with E-state index in [0.717, 1.165) is 0 Å². The van der Waals surface area contributed by atoms with E-state index in [2.05, 4.69) is 10.2 Å². The van der Waals surface area contributed by atoms with Crippen LogP contribution in [0.4, 0.5) is 0 Å². The molecule has 0 bridgehead atoms. The summed E-state index contributed by atoms with van der Waals surface area (Å²) >= 11 is 5.02. The highest BCUT2D eigenvalue weighted by atomic mass is 32.2. The number of aromatic amines is 1. The average molecular weight is 233 g/mol. The Hall–Kier alpha value is -0.690. The maximum Gasteiger partial charge on any atom is 0.195 e. The zero-order valence-electron chi connectivity index (χ0n) is 7.73. The van der Waals surface area contributed by atoms with Crippen molar-refractivity contribution in [1.29, 1.82) is 0 Å². The van der Waals surface area contributed by atoms with Crippen molar-refractivity contribution in [1.82, 2.24) is 14.8 Å². The minimum Gasteiger partial charge on any atom is -0.300 e. The van der Waals surface area contributed by atoms with Crippen molar-refractivity contribution in [3.8, 4) is 0 Å². The SMILES string of the molecule is CC1(n2cn[nH]c2=S)CCS(=O)(=O)C1. The second kappa shape index (κ2) is 2.90. The van der Waals surface area contributed by atoms with Gasteiger partial charge in [-0.3, -0.25) is 9.67 Å². The summed E-state index contributed by atoms with van der Waals surface area (Å²) in [5.41, 5.74) is -0.428. The Morgan fingerprint density at radius 2 is 2.43 bits per heavy atom. The van der Waals surface area contributed by atoms with Crippen LogP contribution in [0.5, 0.6) is 0 Å². The maximum atomic E-state index is 11.4. The van der Waals surface area contributed by atoms with E-state index in [-0.39, 0.29) is 11.5 Å². The molecule has 2 rings (SSSR count). The van der Waals surface area contributed by atoms with E-state index in [1.165, 1.54) is 0 Å². The Balaban J connectivity index is 2.46. The predicted molar refractivity (Wildman–Crippen MR) is 54.3 cm³/mol. The molecular formula is C7H11N3O2S2. The van der Waals surface area contributed by atoms with Gasteiger partial charge in [0.2, 0.25) is 0 Å². The van der Waals surface area contributed by atoms with Gasteiger partial charge in [-0.2, -0.15) is 5.10 Å². The number of H-pyrrole nitrogens is 1. The Labute approximate surface area is 87.1 Å². The van der Waals surface area contributed by atoms with Crippen LogP contribution in [0.25, 0.3) is 0 Å². The van der Waals surface area contributed by atoms with Crippen molar-refractivity contribution in [3.05, 3.63) is 11.1 Å². The maximum absolute atomic E-state index is 11.4. The third-order valence-electron chi connectivity index (χ3n) is 2.62. The number of nitrogens with zero attached hydrogens (tertiary/aromatic N) is 2. The van der Waals surface area contributed by atoms with Gasteiger partial charge in [0.15, 0.2) is 14.6 Å². The summed E-state index contributed by atoms with van der Waals surface area (Å²) in [4.78, 5) is 0. The van der Waals surface area contributed by atoms with E-state index >= 15 is 0 Å². The average Bonchev–Trinajstić information content (AvgIpc) is 2.57. The molecule has 1 fully saturated rings. The predicted octanol–water partition coefficient (Wildman–Crippen LogP) is 0.474. The molecule has 0 radical (unpaired) electrons.